The fourth-order valence-corrected chi connectivity index (χ4v) is 2.52. The van der Waals surface area contributed by atoms with Gasteiger partial charge in [0.05, 0.1) is 6.07 Å². The van der Waals surface area contributed by atoms with Gasteiger partial charge in [-0.3, -0.25) is 4.79 Å². The zero-order chi connectivity index (χ0) is 12.7. The smallest absolute Gasteiger partial charge is 0.221 e. The first-order valence-electron chi connectivity index (χ1n) is 6.80. The molecular weight excluding hydrogens is 212 g/mol. The molecule has 96 valence electrons. The van der Waals surface area contributed by atoms with Crippen molar-refractivity contribution in [3.63, 3.8) is 0 Å². The van der Waals surface area contributed by atoms with E-state index in [-0.39, 0.29) is 11.9 Å². The van der Waals surface area contributed by atoms with Crippen molar-refractivity contribution in [3.05, 3.63) is 0 Å². The molecule has 1 fully saturated rings. The average Bonchev–Trinajstić information content (AvgIpc) is 2.77. The van der Waals surface area contributed by atoms with E-state index in [0.29, 0.717) is 12.3 Å². The maximum atomic E-state index is 11.7. The number of carbonyl (C=O) groups is 1. The van der Waals surface area contributed by atoms with Crippen LogP contribution in [0.5, 0.6) is 0 Å². The molecule has 0 radical (unpaired) electrons. The van der Waals surface area contributed by atoms with E-state index in [0.717, 1.165) is 18.8 Å². The van der Waals surface area contributed by atoms with E-state index in [1.54, 1.807) is 0 Å². The van der Waals surface area contributed by atoms with E-state index >= 15 is 0 Å². The Morgan fingerprint density at radius 3 is 2.59 bits per heavy atom. The molecule has 17 heavy (non-hydrogen) atoms. The van der Waals surface area contributed by atoms with Gasteiger partial charge in [-0.2, -0.15) is 5.26 Å². The lowest BCUT2D eigenvalue weighted by Crippen LogP contribution is -2.34. The molecule has 3 nitrogen and oxygen atoms in total. The molecule has 1 aliphatic carbocycles. The number of nitrogens with one attached hydrogen (secondary N) is 1. The van der Waals surface area contributed by atoms with E-state index in [2.05, 4.69) is 25.2 Å². The van der Waals surface area contributed by atoms with E-state index in [1.165, 1.54) is 25.7 Å². The molecule has 1 N–H and O–H groups in total. The molecule has 0 spiro atoms. The molecule has 0 aromatic heterocycles. The van der Waals surface area contributed by atoms with Gasteiger partial charge in [-0.25, -0.2) is 0 Å². The Kier molecular flexibility index (Phi) is 6.04. The fraction of sp³-hybridized carbons (Fsp3) is 0.857. The third-order valence-corrected chi connectivity index (χ3v) is 3.45. The molecule has 0 aliphatic heterocycles. The van der Waals surface area contributed by atoms with E-state index in [1.807, 2.05) is 0 Å². The summed E-state index contributed by atoms with van der Waals surface area (Å²) in [5.41, 5.74) is 0. The number of nitrogens with zero attached hydrogens (tertiary/aromatic N) is 1. The summed E-state index contributed by atoms with van der Waals surface area (Å²) in [4.78, 5) is 11.7. The SMILES string of the molecule is CC(C)C[C@@H](C#N)NC(=O)CCC1CCCC1. The molecule has 3 heteroatoms. The summed E-state index contributed by atoms with van der Waals surface area (Å²) >= 11 is 0. The number of nitriles is 1. The van der Waals surface area contributed by atoms with Crippen molar-refractivity contribution in [3.8, 4) is 6.07 Å². The summed E-state index contributed by atoms with van der Waals surface area (Å²) in [6.45, 7) is 4.13. The third-order valence-electron chi connectivity index (χ3n) is 3.45. The average molecular weight is 236 g/mol. The first-order valence-corrected chi connectivity index (χ1v) is 6.80. The second-order valence-corrected chi connectivity index (χ2v) is 5.57. The van der Waals surface area contributed by atoms with Crippen LogP contribution < -0.4 is 5.32 Å². The first-order chi connectivity index (χ1) is 8.11. The second-order valence-electron chi connectivity index (χ2n) is 5.57. The van der Waals surface area contributed by atoms with Crippen molar-refractivity contribution < 1.29 is 4.79 Å². The van der Waals surface area contributed by atoms with Crippen molar-refractivity contribution in [1.29, 1.82) is 5.26 Å². The Bertz CT molecular complexity index is 274. The van der Waals surface area contributed by atoms with Crippen LogP contribution in [0.2, 0.25) is 0 Å². The van der Waals surface area contributed by atoms with Crippen LogP contribution in [0.4, 0.5) is 0 Å². The van der Waals surface area contributed by atoms with Crippen LogP contribution in [0, 0.1) is 23.2 Å². The number of amides is 1. The van der Waals surface area contributed by atoms with Crippen molar-refractivity contribution >= 4 is 5.91 Å². The molecule has 0 unspecified atom stereocenters. The maximum Gasteiger partial charge on any atom is 0.221 e. The topological polar surface area (TPSA) is 52.9 Å². The van der Waals surface area contributed by atoms with Crippen molar-refractivity contribution in [2.45, 2.75) is 64.8 Å². The van der Waals surface area contributed by atoms with Gasteiger partial charge < -0.3 is 5.32 Å². The van der Waals surface area contributed by atoms with E-state index in [4.69, 9.17) is 5.26 Å². The standard InChI is InChI=1S/C14H24N2O/c1-11(2)9-13(10-15)16-14(17)8-7-12-5-3-4-6-12/h11-13H,3-9H2,1-2H3,(H,16,17)/t13-/m0/s1. The Labute approximate surface area is 105 Å². The van der Waals surface area contributed by atoms with Gasteiger partial charge in [0.15, 0.2) is 0 Å². The summed E-state index contributed by atoms with van der Waals surface area (Å²) in [6.07, 6.45) is 7.51. The molecule has 1 rings (SSSR count). The Morgan fingerprint density at radius 1 is 1.41 bits per heavy atom. The van der Waals surface area contributed by atoms with Crippen LogP contribution in [-0.2, 0) is 4.79 Å². The van der Waals surface area contributed by atoms with Crippen molar-refractivity contribution in [1.82, 2.24) is 5.32 Å². The van der Waals surface area contributed by atoms with Gasteiger partial charge in [0.1, 0.15) is 6.04 Å². The quantitative estimate of drug-likeness (QED) is 0.770. The van der Waals surface area contributed by atoms with E-state index < -0.39 is 0 Å². The number of hydrogen-bond donors (Lipinski definition) is 1. The van der Waals surface area contributed by atoms with Gasteiger partial charge in [0, 0.05) is 6.42 Å². The summed E-state index contributed by atoms with van der Waals surface area (Å²) in [7, 11) is 0. The number of hydrogen-bond acceptors (Lipinski definition) is 2. The predicted molar refractivity (Wildman–Crippen MR) is 68.2 cm³/mol. The molecule has 0 aromatic carbocycles. The van der Waals surface area contributed by atoms with Crippen LogP contribution in [0.3, 0.4) is 0 Å². The molecule has 0 aromatic rings. The highest BCUT2D eigenvalue weighted by Crippen LogP contribution is 2.28. The Balaban J connectivity index is 2.20. The molecule has 0 bridgehead atoms. The minimum Gasteiger partial charge on any atom is -0.340 e. The largest absolute Gasteiger partial charge is 0.340 e. The monoisotopic (exact) mass is 236 g/mol. The minimum atomic E-state index is -0.314. The Hall–Kier alpha value is -1.04. The maximum absolute atomic E-state index is 11.7. The second kappa shape index (κ2) is 7.32. The highest BCUT2D eigenvalue weighted by atomic mass is 16.1. The Morgan fingerprint density at radius 2 is 2.06 bits per heavy atom. The lowest BCUT2D eigenvalue weighted by atomic mass is 10.0. The van der Waals surface area contributed by atoms with Gasteiger partial charge in [-0.1, -0.05) is 39.5 Å². The third kappa shape index (κ3) is 5.72. The van der Waals surface area contributed by atoms with Gasteiger partial charge in [0.2, 0.25) is 5.91 Å². The van der Waals surface area contributed by atoms with Crippen LogP contribution >= 0.6 is 0 Å². The van der Waals surface area contributed by atoms with E-state index in [9.17, 15) is 4.79 Å². The molecule has 0 heterocycles. The summed E-state index contributed by atoms with van der Waals surface area (Å²) in [5.74, 6) is 1.23. The summed E-state index contributed by atoms with van der Waals surface area (Å²) in [6, 6.07) is 1.85. The predicted octanol–water partition coefficient (Wildman–Crippen LogP) is 3.01. The van der Waals surface area contributed by atoms with Gasteiger partial charge >= 0.3 is 0 Å². The van der Waals surface area contributed by atoms with Crippen molar-refractivity contribution in [2.75, 3.05) is 0 Å². The molecule has 1 atom stereocenters. The molecule has 1 saturated carbocycles. The highest BCUT2D eigenvalue weighted by molar-refractivity contribution is 5.76. The van der Waals surface area contributed by atoms with Crippen LogP contribution in [0.25, 0.3) is 0 Å². The summed E-state index contributed by atoms with van der Waals surface area (Å²) in [5, 5.41) is 11.8. The zero-order valence-electron chi connectivity index (χ0n) is 11.0. The lowest BCUT2D eigenvalue weighted by Gasteiger charge is -2.14. The molecule has 1 amide bonds. The molecule has 1 aliphatic rings. The van der Waals surface area contributed by atoms with Crippen LogP contribution in [-0.4, -0.2) is 11.9 Å². The molecular formula is C14H24N2O. The van der Waals surface area contributed by atoms with Gasteiger partial charge in [0.25, 0.3) is 0 Å². The lowest BCUT2D eigenvalue weighted by molar-refractivity contribution is -0.121. The normalized spacial score (nSPS) is 18.0. The fourth-order valence-electron chi connectivity index (χ4n) is 2.52. The van der Waals surface area contributed by atoms with Crippen LogP contribution in [0.1, 0.15) is 58.8 Å². The minimum absolute atomic E-state index is 0.0455. The highest BCUT2D eigenvalue weighted by Gasteiger charge is 2.18. The summed E-state index contributed by atoms with van der Waals surface area (Å²) < 4.78 is 0. The molecule has 0 saturated heterocycles. The van der Waals surface area contributed by atoms with Gasteiger partial charge in [-0.15, -0.1) is 0 Å². The van der Waals surface area contributed by atoms with Gasteiger partial charge in [-0.05, 0) is 24.7 Å². The van der Waals surface area contributed by atoms with Crippen molar-refractivity contribution in [2.24, 2.45) is 11.8 Å². The zero-order valence-corrected chi connectivity index (χ0v) is 11.0. The number of rotatable bonds is 6. The number of carbonyl (C=O) groups excluding carboxylic acids is 1. The van der Waals surface area contributed by atoms with Crippen LogP contribution in [0.15, 0.2) is 0 Å². The first kappa shape index (κ1) is 14.0.